The Balaban J connectivity index is 1.48. The summed E-state index contributed by atoms with van der Waals surface area (Å²) in [6.07, 6.45) is -0.574. The number of aromatic nitrogens is 1. The number of methoxy groups -OCH3 is 1. The van der Waals surface area contributed by atoms with Crippen molar-refractivity contribution < 1.29 is 19.7 Å². The van der Waals surface area contributed by atoms with Crippen LogP contribution in [0.2, 0.25) is 5.02 Å². The topological polar surface area (TPSA) is 89.0 Å². The molecule has 2 aromatic carbocycles. The van der Waals surface area contributed by atoms with Crippen LogP contribution in [-0.4, -0.2) is 65.6 Å². The number of hydrogen-bond donors (Lipinski definition) is 3. The zero-order chi connectivity index (χ0) is 21.3. The SMILES string of the molecule is COc1cccc(N2CCN(C(O)Cc3c(C(=O)O)[nH]c4ccc(Cl)cc34)CC2)c1. The van der Waals surface area contributed by atoms with Gasteiger partial charge in [0.25, 0.3) is 0 Å². The second-order valence-corrected chi connectivity index (χ2v) is 7.82. The van der Waals surface area contributed by atoms with Crippen molar-refractivity contribution >= 4 is 34.2 Å². The number of carboxylic acid groups (broad SMARTS) is 1. The zero-order valence-corrected chi connectivity index (χ0v) is 17.4. The molecule has 1 saturated heterocycles. The van der Waals surface area contributed by atoms with Crippen LogP contribution in [0.4, 0.5) is 5.69 Å². The van der Waals surface area contributed by atoms with Crippen LogP contribution in [0.25, 0.3) is 10.9 Å². The number of carbonyl (C=O) groups is 1. The predicted molar refractivity (Wildman–Crippen MR) is 117 cm³/mol. The summed E-state index contributed by atoms with van der Waals surface area (Å²) in [5.41, 5.74) is 2.45. The summed E-state index contributed by atoms with van der Waals surface area (Å²) >= 11 is 6.11. The molecule has 0 bridgehead atoms. The molecule has 0 spiro atoms. The number of hydrogen-bond acceptors (Lipinski definition) is 5. The second kappa shape index (κ2) is 8.55. The van der Waals surface area contributed by atoms with Gasteiger partial charge >= 0.3 is 5.97 Å². The van der Waals surface area contributed by atoms with Crippen molar-refractivity contribution in [3.8, 4) is 5.75 Å². The molecule has 4 rings (SSSR count). The van der Waals surface area contributed by atoms with Gasteiger partial charge in [-0.1, -0.05) is 17.7 Å². The molecule has 1 aliphatic heterocycles. The van der Waals surface area contributed by atoms with Gasteiger partial charge in [-0.15, -0.1) is 0 Å². The van der Waals surface area contributed by atoms with Gasteiger partial charge in [0.05, 0.1) is 7.11 Å². The zero-order valence-electron chi connectivity index (χ0n) is 16.6. The predicted octanol–water partition coefficient (Wildman–Crippen LogP) is 3.21. The second-order valence-electron chi connectivity index (χ2n) is 7.38. The van der Waals surface area contributed by atoms with Gasteiger partial charge in [0, 0.05) is 60.3 Å². The maximum Gasteiger partial charge on any atom is 0.352 e. The molecule has 2 heterocycles. The van der Waals surface area contributed by atoms with Gasteiger partial charge in [-0.2, -0.15) is 0 Å². The van der Waals surface area contributed by atoms with Crippen molar-refractivity contribution in [1.29, 1.82) is 0 Å². The monoisotopic (exact) mass is 429 g/mol. The quantitative estimate of drug-likeness (QED) is 0.557. The van der Waals surface area contributed by atoms with Crippen LogP contribution in [0, 0.1) is 0 Å². The Morgan fingerprint density at radius 3 is 2.67 bits per heavy atom. The number of piperazine rings is 1. The molecule has 1 atom stereocenters. The van der Waals surface area contributed by atoms with E-state index in [1.54, 1.807) is 25.3 Å². The van der Waals surface area contributed by atoms with Crippen LogP contribution in [0.5, 0.6) is 5.75 Å². The average Bonchev–Trinajstić information content (AvgIpc) is 3.11. The Morgan fingerprint density at radius 1 is 1.20 bits per heavy atom. The van der Waals surface area contributed by atoms with E-state index in [-0.39, 0.29) is 12.1 Å². The molecule has 1 unspecified atom stereocenters. The van der Waals surface area contributed by atoms with Gasteiger partial charge in [-0.3, -0.25) is 4.90 Å². The third-order valence-electron chi connectivity index (χ3n) is 5.62. The number of fused-ring (bicyclic) bond motifs is 1. The standard InChI is InChI=1S/C22H24ClN3O4/c1-30-16-4-2-3-15(12-16)25-7-9-26(10-8-25)20(27)13-18-17-11-14(23)5-6-19(17)24-21(18)22(28)29/h2-6,11-12,20,24,27H,7-10,13H2,1H3,(H,28,29). The minimum Gasteiger partial charge on any atom is -0.497 e. The lowest BCUT2D eigenvalue weighted by atomic mass is 10.1. The van der Waals surface area contributed by atoms with Crippen molar-refractivity contribution in [3.63, 3.8) is 0 Å². The molecule has 0 saturated carbocycles. The van der Waals surface area contributed by atoms with Crippen molar-refractivity contribution in [3.05, 3.63) is 58.7 Å². The minimum atomic E-state index is -1.05. The summed E-state index contributed by atoms with van der Waals surface area (Å²) < 4.78 is 5.30. The Hall–Kier alpha value is -2.74. The Morgan fingerprint density at radius 2 is 1.97 bits per heavy atom. The Bertz CT molecular complexity index is 1060. The van der Waals surface area contributed by atoms with E-state index in [2.05, 4.69) is 9.88 Å². The van der Waals surface area contributed by atoms with Crippen molar-refractivity contribution in [2.75, 3.05) is 38.2 Å². The number of ether oxygens (including phenoxy) is 1. The molecule has 0 aliphatic carbocycles. The number of anilines is 1. The number of nitrogens with zero attached hydrogens (tertiary/aromatic N) is 2. The van der Waals surface area contributed by atoms with E-state index in [9.17, 15) is 15.0 Å². The lowest BCUT2D eigenvalue weighted by Gasteiger charge is -2.38. The highest BCUT2D eigenvalue weighted by Gasteiger charge is 2.26. The largest absolute Gasteiger partial charge is 0.497 e. The summed E-state index contributed by atoms with van der Waals surface area (Å²) in [7, 11) is 1.65. The van der Waals surface area contributed by atoms with E-state index in [4.69, 9.17) is 16.3 Å². The Labute approximate surface area is 179 Å². The van der Waals surface area contributed by atoms with E-state index >= 15 is 0 Å². The van der Waals surface area contributed by atoms with Gasteiger partial charge < -0.3 is 24.8 Å². The third-order valence-corrected chi connectivity index (χ3v) is 5.86. The average molecular weight is 430 g/mol. The number of nitrogens with one attached hydrogen (secondary N) is 1. The van der Waals surface area contributed by atoms with Gasteiger partial charge in [0.15, 0.2) is 0 Å². The van der Waals surface area contributed by atoms with Crippen LogP contribution in [0.3, 0.4) is 0 Å². The van der Waals surface area contributed by atoms with E-state index in [0.29, 0.717) is 29.2 Å². The number of H-pyrrole nitrogens is 1. The fourth-order valence-electron chi connectivity index (χ4n) is 4.01. The molecule has 1 aromatic heterocycles. The number of aliphatic hydroxyl groups excluding tert-OH is 1. The van der Waals surface area contributed by atoms with Gasteiger partial charge in [0.1, 0.15) is 17.7 Å². The number of aromatic amines is 1. The number of halogens is 1. The first-order chi connectivity index (χ1) is 14.5. The lowest BCUT2D eigenvalue weighted by molar-refractivity contribution is 0.00116. The molecule has 1 fully saturated rings. The maximum atomic E-state index is 11.7. The fourth-order valence-corrected chi connectivity index (χ4v) is 4.18. The van der Waals surface area contributed by atoms with Crippen LogP contribution in [0.1, 0.15) is 16.1 Å². The molecular formula is C22H24ClN3O4. The van der Waals surface area contributed by atoms with Gasteiger partial charge in [0.2, 0.25) is 0 Å². The highest BCUT2D eigenvalue weighted by molar-refractivity contribution is 6.31. The molecule has 30 heavy (non-hydrogen) atoms. The first-order valence-corrected chi connectivity index (χ1v) is 10.2. The lowest BCUT2D eigenvalue weighted by Crippen LogP contribution is -2.51. The third kappa shape index (κ3) is 4.09. The molecule has 0 amide bonds. The highest BCUT2D eigenvalue weighted by Crippen LogP contribution is 2.28. The molecule has 1 aliphatic rings. The van der Waals surface area contributed by atoms with Gasteiger partial charge in [-0.05, 0) is 35.9 Å². The van der Waals surface area contributed by atoms with Gasteiger partial charge in [-0.25, -0.2) is 4.79 Å². The summed E-state index contributed by atoms with van der Waals surface area (Å²) in [5.74, 6) is -0.235. The molecule has 158 valence electrons. The number of benzene rings is 2. The van der Waals surface area contributed by atoms with E-state index in [1.165, 1.54) is 0 Å². The van der Waals surface area contributed by atoms with Crippen LogP contribution < -0.4 is 9.64 Å². The molecule has 0 radical (unpaired) electrons. The van der Waals surface area contributed by atoms with Crippen molar-refractivity contribution in [1.82, 2.24) is 9.88 Å². The van der Waals surface area contributed by atoms with E-state index in [0.717, 1.165) is 29.9 Å². The summed E-state index contributed by atoms with van der Waals surface area (Å²) in [5, 5.41) is 21.7. The normalized spacial score (nSPS) is 16.0. The van der Waals surface area contributed by atoms with Crippen molar-refractivity contribution in [2.24, 2.45) is 0 Å². The minimum absolute atomic E-state index is 0.0985. The number of aliphatic hydroxyl groups is 1. The van der Waals surface area contributed by atoms with E-state index in [1.807, 2.05) is 29.2 Å². The van der Waals surface area contributed by atoms with Crippen LogP contribution in [-0.2, 0) is 6.42 Å². The first kappa shape index (κ1) is 20.5. The smallest absolute Gasteiger partial charge is 0.352 e. The summed E-state index contributed by atoms with van der Waals surface area (Å²) in [6.45, 7) is 2.86. The number of rotatable bonds is 6. The maximum absolute atomic E-state index is 11.7. The molecule has 8 heteroatoms. The number of aromatic carboxylic acids is 1. The Kier molecular flexibility index (Phi) is 5.85. The molecule has 7 nitrogen and oxygen atoms in total. The molecule has 3 N–H and O–H groups in total. The highest BCUT2D eigenvalue weighted by atomic mass is 35.5. The van der Waals surface area contributed by atoms with Crippen LogP contribution >= 0.6 is 11.6 Å². The molecular weight excluding hydrogens is 406 g/mol. The summed E-state index contributed by atoms with van der Waals surface area (Å²) in [4.78, 5) is 18.9. The summed E-state index contributed by atoms with van der Waals surface area (Å²) in [6, 6.07) is 13.1. The first-order valence-electron chi connectivity index (χ1n) is 9.81. The number of carboxylic acids is 1. The van der Waals surface area contributed by atoms with Crippen LogP contribution in [0.15, 0.2) is 42.5 Å². The van der Waals surface area contributed by atoms with E-state index < -0.39 is 12.2 Å². The fraction of sp³-hybridized carbons (Fsp3) is 0.318. The molecule has 3 aromatic rings. The van der Waals surface area contributed by atoms with Crippen molar-refractivity contribution in [2.45, 2.75) is 12.6 Å².